The molecule has 1 saturated carbocycles. The normalized spacial score (nSPS) is 28.9. The summed E-state index contributed by atoms with van der Waals surface area (Å²) in [5.41, 5.74) is 1.44. The number of benzene rings is 1. The van der Waals surface area contributed by atoms with Crippen molar-refractivity contribution < 1.29 is 23.8 Å². The molecule has 2 fully saturated rings. The molecule has 1 saturated heterocycles. The van der Waals surface area contributed by atoms with E-state index in [9.17, 15) is 9.59 Å². The monoisotopic (exact) mass is 426 g/mol. The Morgan fingerprint density at radius 2 is 1.90 bits per heavy atom. The van der Waals surface area contributed by atoms with Crippen molar-refractivity contribution >= 4 is 11.7 Å². The molecule has 1 amide bonds. The molecule has 5 rings (SSSR count). The Hall–Kier alpha value is -2.38. The molecule has 31 heavy (non-hydrogen) atoms. The van der Waals surface area contributed by atoms with E-state index in [1.54, 1.807) is 7.11 Å². The van der Waals surface area contributed by atoms with E-state index in [4.69, 9.17) is 14.2 Å². The molecule has 7 nitrogen and oxygen atoms in total. The molecule has 7 heteroatoms. The zero-order valence-electron chi connectivity index (χ0n) is 18.0. The zero-order valence-corrected chi connectivity index (χ0v) is 18.0. The van der Waals surface area contributed by atoms with Gasteiger partial charge in [0.25, 0.3) is 5.91 Å². The van der Waals surface area contributed by atoms with Gasteiger partial charge in [-0.2, -0.15) is 0 Å². The number of ketones is 1. The van der Waals surface area contributed by atoms with Gasteiger partial charge in [-0.25, -0.2) is 0 Å². The number of nitrogens with zero attached hydrogens (tertiary/aromatic N) is 2. The number of methoxy groups -OCH3 is 1. The third-order valence-electron chi connectivity index (χ3n) is 7.03. The van der Waals surface area contributed by atoms with Crippen molar-refractivity contribution in [2.75, 3.05) is 46.5 Å². The molecule has 1 aromatic carbocycles. The van der Waals surface area contributed by atoms with Gasteiger partial charge in [-0.15, -0.1) is 0 Å². The highest BCUT2D eigenvalue weighted by Gasteiger charge is 2.51. The van der Waals surface area contributed by atoms with Crippen LogP contribution in [0, 0.1) is 5.92 Å². The zero-order chi connectivity index (χ0) is 21.4. The highest BCUT2D eigenvalue weighted by Crippen LogP contribution is 2.47. The van der Waals surface area contributed by atoms with E-state index in [-0.39, 0.29) is 29.5 Å². The summed E-state index contributed by atoms with van der Waals surface area (Å²) in [7, 11) is 1.63. The van der Waals surface area contributed by atoms with E-state index < -0.39 is 6.04 Å². The van der Waals surface area contributed by atoms with Crippen LogP contribution in [0.2, 0.25) is 0 Å². The lowest BCUT2D eigenvalue weighted by molar-refractivity contribution is -0.135. The summed E-state index contributed by atoms with van der Waals surface area (Å²) in [4.78, 5) is 31.2. The molecule has 4 aliphatic rings. The Labute approximate surface area is 182 Å². The van der Waals surface area contributed by atoms with Crippen LogP contribution < -0.4 is 4.74 Å². The van der Waals surface area contributed by atoms with Gasteiger partial charge in [-0.3, -0.25) is 14.5 Å². The Balaban J connectivity index is 1.48. The van der Waals surface area contributed by atoms with Crippen molar-refractivity contribution in [3.8, 4) is 5.75 Å². The van der Waals surface area contributed by atoms with Crippen LogP contribution in [-0.2, 0) is 19.1 Å². The first-order valence-corrected chi connectivity index (χ1v) is 11.4. The van der Waals surface area contributed by atoms with Gasteiger partial charge in [0, 0.05) is 26.2 Å². The van der Waals surface area contributed by atoms with Crippen LogP contribution >= 0.6 is 0 Å². The summed E-state index contributed by atoms with van der Waals surface area (Å²) in [6.45, 7) is 4.44. The van der Waals surface area contributed by atoms with Gasteiger partial charge in [0.1, 0.15) is 11.9 Å². The highest BCUT2D eigenvalue weighted by atomic mass is 16.5. The maximum Gasteiger partial charge on any atom is 0.290 e. The molecule has 3 aliphatic heterocycles. The Kier molecular flexibility index (Phi) is 5.71. The number of hydrogen-bond acceptors (Lipinski definition) is 6. The van der Waals surface area contributed by atoms with Crippen LogP contribution in [-0.4, -0.2) is 74.1 Å². The fourth-order valence-corrected chi connectivity index (χ4v) is 5.36. The lowest BCUT2D eigenvalue weighted by Crippen LogP contribution is -2.43. The van der Waals surface area contributed by atoms with E-state index in [2.05, 4.69) is 4.90 Å². The van der Waals surface area contributed by atoms with Crippen LogP contribution in [0.1, 0.15) is 37.3 Å². The first-order valence-electron chi connectivity index (χ1n) is 11.4. The first kappa shape index (κ1) is 20.5. The standard InChI is InChI=1S/C24H30N2O5/c1-29-17-6-4-5-16(15-17)21-20-22(27)18-7-2-3-8-19(18)31-23(20)24(28)26(21)10-9-25-11-13-30-14-12-25/h4-6,15,18-19,21H,2-3,7-14H2,1H3. The van der Waals surface area contributed by atoms with E-state index in [1.807, 2.05) is 29.2 Å². The lowest BCUT2D eigenvalue weighted by Gasteiger charge is -2.35. The maximum atomic E-state index is 13.6. The van der Waals surface area contributed by atoms with Crippen molar-refractivity contribution in [1.29, 1.82) is 0 Å². The van der Waals surface area contributed by atoms with E-state index >= 15 is 0 Å². The second-order valence-electron chi connectivity index (χ2n) is 8.79. The molecule has 3 atom stereocenters. The summed E-state index contributed by atoms with van der Waals surface area (Å²) in [5.74, 6) is 0.803. The van der Waals surface area contributed by atoms with Crippen LogP contribution in [0.4, 0.5) is 0 Å². The topological polar surface area (TPSA) is 68.3 Å². The summed E-state index contributed by atoms with van der Waals surface area (Å²) in [5, 5.41) is 0. The average Bonchev–Trinajstić information content (AvgIpc) is 3.10. The summed E-state index contributed by atoms with van der Waals surface area (Å²) < 4.78 is 17.1. The molecule has 0 radical (unpaired) electrons. The third kappa shape index (κ3) is 3.74. The average molecular weight is 427 g/mol. The lowest BCUT2D eigenvalue weighted by atomic mass is 9.77. The molecule has 1 aromatic rings. The van der Waals surface area contributed by atoms with E-state index in [0.717, 1.165) is 50.9 Å². The summed E-state index contributed by atoms with van der Waals surface area (Å²) in [6.07, 6.45) is 3.61. The molecular weight excluding hydrogens is 396 g/mol. The number of Topliss-reactive ketones (excluding diaryl/α,β-unsaturated/α-hetero) is 1. The number of morpholine rings is 1. The second-order valence-corrected chi connectivity index (χ2v) is 8.79. The van der Waals surface area contributed by atoms with Gasteiger partial charge in [-0.1, -0.05) is 18.6 Å². The minimum atomic E-state index is -0.422. The Morgan fingerprint density at radius 1 is 1.10 bits per heavy atom. The minimum absolute atomic E-state index is 0.0981. The first-order chi connectivity index (χ1) is 15.2. The fraction of sp³-hybridized carbons (Fsp3) is 0.583. The van der Waals surface area contributed by atoms with Crippen molar-refractivity contribution in [3.63, 3.8) is 0 Å². The smallest absolute Gasteiger partial charge is 0.290 e. The number of ether oxygens (including phenoxy) is 3. The molecular formula is C24H30N2O5. The highest BCUT2D eigenvalue weighted by molar-refractivity contribution is 6.11. The van der Waals surface area contributed by atoms with Crippen LogP contribution in [0.3, 0.4) is 0 Å². The predicted molar refractivity (Wildman–Crippen MR) is 114 cm³/mol. The largest absolute Gasteiger partial charge is 0.497 e. The van der Waals surface area contributed by atoms with Crippen molar-refractivity contribution in [2.45, 2.75) is 37.8 Å². The van der Waals surface area contributed by atoms with Gasteiger partial charge in [0.2, 0.25) is 0 Å². The molecule has 3 unspecified atom stereocenters. The fourth-order valence-electron chi connectivity index (χ4n) is 5.36. The van der Waals surface area contributed by atoms with E-state index in [1.165, 1.54) is 0 Å². The summed E-state index contributed by atoms with van der Waals surface area (Å²) in [6, 6.07) is 7.27. The van der Waals surface area contributed by atoms with Gasteiger partial charge in [0.05, 0.1) is 37.9 Å². The maximum absolute atomic E-state index is 13.6. The molecule has 0 N–H and O–H groups in total. The van der Waals surface area contributed by atoms with Crippen molar-refractivity contribution in [3.05, 3.63) is 41.2 Å². The second kappa shape index (κ2) is 8.63. The van der Waals surface area contributed by atoms with Gasteiger partial charge in [-0.05, 0) is 37.0 Å². The molecule has 0 spiro atoms. The molecule has 1 aliphatic carbocycles. The summed E-state index contributed by atoms with van der Waals surface area (Å²) >= 11 is 0. The van der Waals surface area contributed by atoms with Crippen LogP contribution in [0.25, 0.3) is 0 Å². The molecule has 0 aromatic heterocycles. The van der Waals surface area contributed by atoms with Gasteiger partial charge >= 0.3 is 0 Å². The van der Waals surface area contributed by atoms with Gasteiger partial charge in [0.15, 0.2) is 11.5 Å². The number of rotatable bonds is 5. The van der Waals surface area contributed by atoms with Crippen molar-refractivity contribution in [2.24, 2.45) is 5.92 Å². The van der Waals surface area contributed by atoms with Crippen molar-refractivity contribution in [1.82, 2.24) is 9.80 Å². The predicted octanol–water partition coefficient (Wildman–Crippen LogP) is 2.32. The number of carbonyl (C=O) groups excluding carboxylic acids is 2. The molecule has 166 valence electrons. The quantitative estimate of drug-likeness (QED) is 0.720. The third-order valence-corrected chi connectivity index (χ3v) is 7.03. The molecule has 3 heterocycles. The van der Waals surface area contributed by atoms with E-state index in [0.29, 0.717) is 31.1 Å². The number of hydrogen-bond donors (Lipinski definition) is 0. The molecule has 0 bridgehead atoms. The number of amides is 1. The Bertz CT molecular complexity index is 892. The number of carbonyl (C=O) groups is 2. The number of fused-ring (bicyclic) bond motifs is 1. The van der Waals surface area contributed by atoms with Crippen LogP contribution in [0.5, 0.6) is 5.75 Å². The van der Waals surface area contributed by atoms with Gasteiger partial charge < -0.3 is 19.1 Å². The minimum Gasteiger partial charge on any atom is -0.497 e. The SMILES string of the molecule is COc1cccc(C2C3=C(OC4CCCCC4C3=O)C(=O)N2CCN2CCOCC2)c1. The van der Waals surface area contributed by atoms with Crippen LogP contribution in [0.15, 0.2) is 35.6 Å². The Morgan fingerprint density at radius 3 is 2.71 bits per heavy atom.